The lowest BCUT2D eigenvalue weighted by Crippen LogP contribution is -2.23. The first-order chi connectivity index (χ1) is 12.8. The average molecular weight is 348 g/mol. The Hall–Kier alpha value is -3.21. The summed E-state index contributed by atoms with van der Waals surface area (Å²) in [5.74, 6) is 1.36. The topological polar surface area (TPSA) is 52.5 Å². The number of nitrogens with one attached hydrogen (secondary N) is 1. The average Bonchev–Trinajstić information content (AvgIpc) is 3.30. The first-order valence-corrected chi connectivity index (χ1v) is 8.69. The van der Waals surface area contributed by atoms with Crippen molar-refractivity contribution in [2.75, 3.05) is 13.3 Å². The number of aromatic nitrogens is 1. The zero-order valence-electron chi connectivity index (χ0n) is 14.4. The van der Waals surface area contributed by atoms with Crippen molar-refractivity contribution in [3.05, 3.63) is 66.4 Å². The highest BCUT2D eigenvalue weighted by atomic mass is 16.7. The quantitative estimate of drug-likeness (QED) is 0.547. The number of ether oxygens (including phenoxy) is 2. The molecule has 4 rings (SSSR count). The fourth-order valence-electron chi connectivity index (χ4n) is 3.04. The van der Waals surface area contributed by atoms with Crippen molar-refractivity contribution >= 4 is 22.9 Å². The van der Waals surface area contributed by atoms with E-state index in [1.165, 1.54) is 10.9 Å². The number of hydrogen-bond acceptors (Lipinski definition) is 3. The first-order valence-electron chi connectivity index (χ1n) is 8.69. The van der Waals surface area contributed by atoms with Crippen molar-refractivity contribution in [2.45, 2.75) is 13.0 Å². The number of fused-ring (bicyclic) bond motifs is 2. The van der Waals surface area contributed by atoms with Crippen LogP contribution < -0.4 is 14.8 Å². The zero-order chi connectivity index (χ0) is 17.8. The minimum Gasteiger partial charge on any atom is -0.454 e. The number of rotatable bonds is 6. The third kappa shape index (κ3) is 3.57. The second kappa shape index (κ2) is 7.35. The molecular formula is C21H20N2O3. The largest absolute Gasteiger partial charge is 0.454 e. The second-order valence-corrected chi connectivity index (χ2v) is 6.16. The molecule has 0 radical (unpaired) electrons. The summed E-state index contributed by atoms with van der Waals surface area (Å²) in [5.41, 5.74) is 2.13. The van der Waals surface area contributed by atoms with Crippen molar-refractivity contribution in [3.63, 3.8) is 0 Å². The maximum absolute atomic E-state index is 12.0. The predicted molar refractivity (Wildman–Crippen MR) is 101 cm³/mol. The van der Waals surface area contributed by atoms with Gasteiger partial charge >= 0.3 is 0 Å². The number of aryl methyl sites for hydroxylation is 1. The molecule has 0 spiro atoms. The predicted octanol–water partition coefficient (Wildman–Crippen LogP) is 3.59. The van der Waals surface area contributed by atoms with Crippen LogP contribution in [0.15, 0.2) is 60.8 Å². The van der Waals surface area contributed by atoms with Gasteiger partial charge in [0.1, 0.15) is 0 Å². The molecule has 1 aliphatic rings. The molecule has 0 bridgehead atoms. The molecule has 0 aliphatic carbocycles. The normalized spacial score (nSPS) is 12.8. The van der Waals surface area contributed by atoms with E-state index in [2.05, 4.69) is 34.3 Å². The Kier molecular flexibility index (Phi) is 4.60. The van der Waals surface area contributed by atoms with Gasteiger partial charge in [-0.1, -0.05) is 24.3 Å². The molecule has 5 heteroatoms. The summed E-state index contributed by atoms with van der Waals surface area (Å²) in [5, 5.41) is 4.16. The van der Waals surface area contributed by atoms with E-state index in [0.29, 0.717) is 12.3 Å². The Morgan fingerprint density at radius 2 is 2.00 bits per heavy atom. The third-order valence-electron chi connectivity index (χ3n) is 4.38. The van der Waals surface area contributed by atoms with E-state index in [1.54, 1.807) is 12.2 Å². The second-order valence-electron chi connectivity index (χ2n) is 6.16. The summed E-state index contributed by atoms with van der Waals surface area (Å²) in [7, 11) is 0. The molecule has 132 valence electrons. The Morgan fingerprint density at radius 3 is 2.96 bits per heavy atom. The Morgan fingerprint density at radius 1 is 1.12 bits per heavy atom. The van der Waals surface area contributed by atoms with Gasteiger partial charge in [0.15, 0.2) is 11.5 Å². The molecule has 2 aromatic carbocycles. The van der Waals surface area contributed by atoms with Crippen molar-refractivity contribution in [1.29, 1.82) is 0 Å². The van der Waals surface area contributed by atoms with Crippen LogP contribution in [-0.2, 0) is 11.3 Å². The maximum atomic E-state index is 12.0. The fourth-order valence-corrected chi connectivity index (χ4v) is 3.04. The van der Waals surface area contributed by atoms with Gasteiger partial charge in [-0.15, -0.1) is 0 Å². The molecule has 26 heavy (non-hydrogen) atoms. The van der Waals surface area contributed by atoms with E-state index >= 15 is 0 Å². The molecule has 2 heterocycles. The molecule has 0 saturated heterocycles. The van der Waals surface area contributed by atoms with Gasteiger partial charge in [-0.3, -0.25) is 4.79 Å². The number of benzene rings is 2. The molecular weight excluding hydrogens is 328 g/mol. The van der Waals surface area contributed by atoms with Crippen molar-refractivity contribution in [3.8, 4) is 11.5 Å². The number of carbonyl (C=O) groups is 1. The summed E-state index contributed by atoms with van der Waals surface area (Å²) in [4.78, 5) is 12.0. The van der Waals surface area contributed by atoms with E-state index in [-0.39, 0.29) is 12.7 Å². The van der Waals surface area contributed by atoms with Gasteiger partial charge in [0, 0.05) is 30.9 Å². The molecule has 1 aromatic heterocycles. The lowest BCUT2D eigenvalue weighted by atomic mass is 10.2. The summed E-state index contributed by atoms with van der Waals surface area (Å²) >= 11 is 0. The van der Waals surface area contributed by atoms with Crippen LogP contribution in [-0.4, -0.2) is 23.8 Å². The Balaban J connectivity index is 1.25. The van der Waals surface area contributed by atoms with Crippen LogP contribution in [0.3, 0.4) is 0 Å². The number of hydrogen-bond donors (Lipinski definition) is 1. The smallest absolute Gasteiger partial charge is 0.244 e. The first kappa shape index (κ1) is 16.3. The monoisotopic (exact) mass is 348 g/mol. The van der Waals surface area contributed by atoms with Gasteiger partial charge in [0.05, 0.1) is 0 Å². The van der Waals surface area contributed by atoms with Crippen LogP contribution in [0.2, 0.25) is 0 Å². The van der Waals surface area contributed by atoms with Gasteiger partial charge in [-0.2, -0.15) is 0 Å². The minimum absolute atomic E-state index is 0.0972. The number of carbonyl (C=O) groups excluding carboxylic acids is 1. The van der Waals surface area contributed by atoms with Crippen LogP contribution in [0.5, 0.6) is 11.5 Å². The molecule has 3 aromatic rings. The van der Waals surface area contributed by atoms with Crippen LogP contribution in [0.4, 0.5) is 0 Å². The lowest BCUT2D eigenvalue weighted by Gasteiger charge is -2.06. The molecule has 1 aliphatic heterocycles. The minimum atomic E-state index is -0.0972. The van der Waals surface area contributed by atoms with E-state index < -0.39 is 0 Å². The van der Waals surface area contributed by atoms with E-state index in [4.69, 9.17) is 9.47 Å². The summed E-state index contributed by atoms with van der Waals surface area (Å²) in [6.45, 7) is 1.76. The van der Waals surface area contributed by atoms with Crippen molar-refractivity contribution < 1.29 is 14.3 Å². The molecule has 0 fully saturated rings. The SMILES string of the molecule is O=C(/C=C/c1ccc2c(c1)OCO2)NCCCn1ccc2ccccc21. The number of amides is 1. The molecule has 1 N–H and O–H groups in total. The van der Waals surface area contributed by atoms with Gasteiger partial charge in [0.25, 0.3) is 0 Å². The van der Waals surface area contributed by atoms with Crippen LogP contribution in [0.25, 0.3) is 17.0 Å². The van der Waals surface area contributed by atoms with Gasteiger partial charge in [-0.25, -0.2) is 0 Å². The Bertz CT molecular complexity index is 959. The van der Waals surface area contributed by atoms with Crippen molar-refractivity contribution in [1.82, 2.24) is 9.88 Å². The molecule has 5 nitrogen and oxygen atoms in total. The van der Waals surface area contributed by atoms with Crippen molar-refractivity contribution in [2.24, 2.45) is 0 Å². The summed E-state index contributed by atoms with van der Waals surface area (Å²) in [6, 6.07) is 16.0. The lowest BCUT2D eigenvalue weighted by molar-refractivity contribution is -0.116. The summed E-state index contributed by atoms with van der Waals surface area (Å²) in [6.07, 6.45) is 6.29. The molecule has 0 unspecified atom stereocenters. The summed E-state index contributed by atoms with van der Waals surface area (Å²) < 4.78 is 12.8. The molecule has 0 atom stereocenters. The van der Waals surface area contributed by atoms with Gasteiger partial charge < -0.3 is 19.4 Å². The van der Waals surface area contributed by atoms with E-state index in [9.17, 15) is 4.79 Å². The highest BCUT2D eigenvalue weighted by molar-refractivity contribution is 5.91. The standard InChI is InChI=1S/C21H20N2O3/c24-21(9-7-16-6-8-19-20(14-16)26-15-25-19)22-11-3-12-23-13-10-17-4-1-2-5-18(17)23/h1-2,4-10,13-14H,3,11-12,15H2,(H,22,24)/b9-7+. The number of nitrogens with zero attached hydrogens (tertiary/aromatic N) is 1. The zero-order valence-corrected chi connectivity index (χ0v) is 14.4. The fraction of sp³-hybridized carbons (Fsp3) is 0.190. The number of para-hydroxylation sites is 1. The Labute approximate surface area is 151 Å². The van der Waals surface area contributed by atoms with Crippen LogP contribution >= 0.6 is 0 Å². The van der Waals surface area contributed by atoms with E-state index in [0.717, 1.165) is 24.3 Å². The van der Waals surface area contributed by atoms with Crippen LogP contribution in [0, 0.1) is 0 Å². The van der Waals surface area contributed by atoms with E-state index in [1.807, 2.05) is 30.3 Å². The molecule has 1 amide bonds. The third-order valence-corrected chi connectivity index (χ3v) is 4.38. The molecule has 0 saturated carbocycles. The highest BCUT2D eigenvalue weighted by Gasteiger charge is 2.12. The van der Waals surface area contributed by atoms with Gasteiger partial charge in [0.2, 0.25) is 12.7 Å². The van der Waals surface area contributed by atoms with Crippen LogP contribution in [0.1, 0.15) is 12.0 Å². The highest BCUT2D eigenvalue weighted by Crippen LogP contribution is 2.32. The maximum Gasteiger partial charge on any atom is 0.244 e. The van der Waals surface area contributed by atoms with Gasteiger partial charge in [-0.05, 0) is 47.7 Å².